The number of hydrogen-bond acceptors (Lipinski definition) is 1. The summed E-state index contributed by atoms with van der Waals surface area (Å²) in [5, 5.41) is 0. The fourth-order valence-electron chi connectivity index (χ4n) is 3.40. The van der Waals surface area contributed by atoms with Gasteiger partial charge in [-0.05, 0) is 44.7 Å². The minimum atomic E-state index is -4.01. The van der Waals surface area contributed by atoms with Gasteiger partial charge in [0.2, 0.25) is 0 Å². The molecular weight excluding hydrogens is 239 g/mol. The van der Waals surface area contributed by atoms with E-state index in [1.807, 2.05) is 0 Å². The van der Waals surface area contributed by atoms with E-state index in [4.69, 9.17) is 0 Å². The lowest BCUT2D eigenvalue weighted by Gasteiger charge is -2.47. The maximum Gasteiger partial charge on any atom is 0.395 e. The molecule has 4 heteroatoms. The molecule has 0 bridgehead atoms. The molecule has 2 rings (SSSR count). The molecule has 1 nitrogen and oxygen atoms in total. The van der Waals surface area contributed by atoms with E-state index in [9.17, 15) is 13.2 Å². The summed E-state index contributed by atoms with van der Waals surface area (Å²) in [7, 11) is 0. The molecule has 0 atom stereocenters. The number of halogens is 3. The Bertz CT molecular complexity index is 263. The van der Waals surface area contributed by atoms with E-state index in [1.165, 1.54) is 12.8 Å². The van der Waals surface area contributed by atoms with E-state index >= 15 is 0 Å². The Balaban J connectivity index is 1.84. The lowest BCUT2D eigenvalue weighted by atomic mass is 9.67. The van der Waals surface area contributed by atoms with Gasteiger partial charge in [0.25, 0.3) is 0 Å². The first kappa shape index (κ1) is 14.2. The van der Waals surface area contributed by atoms with Crippen LogP contribution in [0.1, 0.15) is 51.9 Å². The van der Waals surface area contributed by atoms with Crippen molar-refractivity contribution in [1.29, 1.82) is 0 Å². The van der Waals surface area contributed by atoms with Crippen molar-refractivity contribution in [3.63, 3.8) is 0 Å². The molecule has 1 heterocycles. The molecule has 0 aromatic heterocycles. The summed E-state index contributed by atoms with van der Waals surface area (Å²) >= 11 is 0. The topological polar surface area (TPSA) is 3.24 Å². The molecule has 1 aliphatic heterocycles. The van der Waals surface area contributed by atoms with Crippen LogP contribution in [0.15, 0.2) is 0 Å². The van der Waals surface area contributed by atoms with Gasteiger partial charge >= 0.3 is 6.18 Å². The molecule has 0 unspecified atom stereocenters. The van der Waals surface area contributed by atoms with Crippen LogP contribution < -0.4 is 0 Å². The minimum Gasteiger partial charge on any atom is -0.302 e. The van der Waals surface area contributed by atoms with E-state index in [0.717, 1.165) is 38.3 Å². The van der Waals surface area contributed by atoms with Crippen LogP contribution in [0.25, 0.3) is 0 Å². The third-order valence-electron chi connectivity index (χ3n) is 4.84. The highest BCUT2D eigenvalue weighted by atomic mass is 19.4. The largest absolute Gasteiger partial charge is 0.395 e. The highest BCUT2D eigenvalue weighted by molar-refractivity contribution is 4.96. The fraction of sp³-hybridized carbons (Fsp3) is 1.00. The summed E-state index contributed by atoms with van der Waals surface area (Å²) in [5.41, 5.74) is -1.37. The lowest BCUT2D eigenvalue weighted by Crippen LogP contribution is -2.53. The first-order chi connectivity index (χ1) is 8.47. The maximum absolute atomic E-state index is 13.1. The maximum atomic E-state index is 13.1. The summed E-state index contributed by atoms with van der Waals surface area (Å²) < 4.78 is 39.2. The molecule has 0 spiro atoms. The molecule has 0 N–H and O–H groups in total. The first-order valence-corrected chi connectivity index (χ1v) is 7.26. The van der Waals surface area contributed by atoms with Gasteiger partial charge in [0.05, 0.1) is 5.41 Å². The summed E-state index contributed by atoms with van der Waals surface area (Å²) in [6.45, 7) is 4.15. The van der Waals surface area contributed by atoms with Crippen LogP contribution in [0, 0.1) is 11.3 Å². The molecule has 1 aliphatic carbocycles. The van der Waals surface area contributed by atoms with Crippen molar-refractivity contribution in [2.75, 3.05) is 19.6 Å². The minimum absolute atomic E-state index is 0.245. The smallest absolute Gasteiger partial charge is 0.302 e. The summed E-state index contributed by atoms with van der Waals surface area (Å²) in [6.07, 6.45) is 2.01. The van der Waals surface area contributed by atoms with Gasteiger partial charge in [0.15, 0.2) is 0 Å². The normalized spacial score (nSPS) is 26.0. The van der Waals surface area contributed by atoms with Crippen molar-refractivity contribution in [1.82, 2.24) is 4.90 Å². The van der Waals surface area contributed by atoms with Gasteiger partial charge in [0, 0.05) is 6.54 Å². The van der Waals surface area contributed by atoms with Crippen LogP contribution in [0.5, 0.6) is 0 Å². The molecule has 0 amide bonds. The second-order valence-electron chi connectivity index (χ2n) is 6.14. The van der Waals surface area contributed by atoms with Gasteiger partial charge in [-0.2, -0.15) is 13.2 Å². The number of rotatable bonds is 4. The molecule has 1 saturated carbocycles. The van der Waals surface area contributed by atoms with Gasteiger partial charge in [-0.25, -0.2) is 0 Å². The molecule has 0 aromatic carbocycles. The molecule has 2 aliphatic rings. The van der Waals surface area contributed by atoms with Crippen molar-refractivity contribution in [3.8, 4) is 0 Å². The van der Waals surface area contributed by atoms with Crippen molar-refractivity contribution < 1.29 is 13.2 Å². The number of nitrogens with zero attached hydrogens (tertiary/aromatic N) is 1. The average molecular weight is 263 g/mol. The third kappa shape index (κ3) is 2.84. The van der Waals surface area contributed by atoms with Gasteiger partial charge in [-0.3, -0.25) is 0 Å². The van der Waals surface area contributed by atoms with Crippen LogP contribution in [-0.2, 0) is 0 Å². The van der Waals surface area contributed by atoms with Crippen molar-refractivity contribution >= 4 is 0 Å². The molecule has 2 fully saturated rings. The Morgan fingerprint density at radius 3 is 2.17 bits per heavy atom. The predicted octanol–water partition coefficient (Wildman–Crippen LogP) is 4.23. The number of piperidine rings is 1. The molecule has 0 radical (unpaired) electrons. The van der Waals surface area contributed by atoms with Gasteiger partial charge in [-0.15, -0.1) is 0 Å². The number of hydrogen-bond donors (Lipinski definition) is 0. The predicted molar refractivity (Wildman–Crippen MR) is 66.4 cm³/mol. The standard InChI is InChI=1S/C14H24F3N/c1-2-4-12-5-9-18(10-6-12)11-13(7-3-8-13)14(15,16)17/h12H,2-11H2,1H3. The summed E-state index contributed by atoms with van der Waals surface area (Å²) in [6, 6.07) is 0. The zero-order chi connectivity index (χ0) is 13.2. The molecule has 18 heavy (non-hydrogen) atoms. The molecular formula is C14H24F3N. The monoisotopic (exact) mass is 263 g/mol. The van der Waals surface area contributed by atoms with E-state index in [2.05, 4.69) is 11.8 Å². The Morgan fingerprint density at radius 2 is 1.78 bits per heavy atom. The SMILES string of the molecule is CCCC1CCN(CC2(C(F)(F)F)CCC2)CC1. The Kier molecular flexibility index (Phi) is 4.25. The number of alkyl halides is 3. The van der Waals surface area contributed by atoms with E-state index in [1.54, 1.807) is 0 Å². The Hall–Kier alpha value is -0.250. The highest BCUT2D eigenvalue weighted by Gasteiger charge is 2.58. The van der Waals surface area contributed by atoms with Crippen LogP contribution >= 0.6 is 0 Å². The van der Waals surface area contributed by atoms with Gasteiger partial charge in [0.1, 0.15) is 0 Å². The summed E-state index contributed by atoms with van der Waals surface area (Å²) in [5.74, 6) is 0.745. The van der Waals surface area contributed by atoms with Crippen molar-refractivity contribution in [3.05, 3.63) is 0 Å². The second-order valence-corrected chi connectivity index (χ2v) is 6.14. The molecule has 1 saturated heterocycles. The van der Waals surface area contributed by atoms with E-state index in [0.29, 0.717) is 12.8 Å². The van der Waals surface area contributed by atoms with Crippen LogP contribution in [0.2, 0.25) is 0 Å². The van der Waals surface area contributed by atoms with Crippen molar-refractivity contribution in [2.24, 2.45) is 11.3 Å². The molecule has 0 aromatic rings. The van der Waals surface area contributed by atoms with Gasteiger partial charge < -0.3 is 4.90 Å². The van der Waals surface area contributed by atoms with Crippen LogP contribution in [0.4, 0.5) is 13.2 Å². The van der Waals surface area contributed by atoms with Gasteiger partial charge in [-0.1, -0.05) is 26.2 Å². The fourth-order valence-corrected chi connectivity index (χ4v) is 3.40. The van der Waals surface area contributed by atoms with Crippen LogP contribution in [0.3, 0.4) is 0 Å². The van der Waals surface area contributed by atoms with E-state index < -0.39 is 11.6 Å². The summed E-state index contributed by atoms with van der Waals surface area (Å²) in [4.78, 5) is 2.05. The van der Waals surface area contributed by atoms with Crippen molar-refractivity contribution in [2.45, 2.75) is 58.0 Å². The average Bonchev–Trinajstić information content (AvgIpc) is 2.24. The van der Waals surface area contributed by atoms with E-state index in [-0.39, 0.29) is 6.54 Å². The quantitative estimate of drug-likeness (QED) is 0.733. The van der Waals surface area contributed by atoms with Crippen LogP contribution in [-0.4, -0.2) is 30.7 Å². The Labute approximate surface area is 108 Å². The first-order valence-electron chi connectivity index (χ1n) is 7.26. The highest BCUT2D eigenvalue weighted by Crippen LogP contribution is 2.53. The third-order valence-corrected chi connectivity index (χ3v) is 4.84. The lowest BCUT2D eigenvalue weighted by molar-refractivity contribution is -0.256. The molecule has 106 valence electrons. The zero-order valence-electron chi connectivity index (χ0n) is 11.2. The number of likely N-dealkylation sites (tertiary alicyclic amines) is 1. The second kappa shape index (κ2) is 5.40. The Morgan fingerprint density at radius 1 is 1.17 bits per heavy atom. The zero-order valence-corrected chi connectivity index (χ0v) is 11.2.